The lowest BCUT2D eigenvalue weighted by Crippen LogP contribution is -1.95. The van der Waals surface area contributed by atoms with Gasteiger partial charge in [-0.15, -0.1) is 0 Å². The van der Waals surface area contributed by atoms with Crippen molar-refractivity contribution in [3.8, 4) is 0 Å². The lowest BCUT2D eigenvalue weighted by molar-refractivity contribution is 0.317. The highest BCUT2D eigenvalue weighted by molar-refractivity contribution is 9.11. The first-order valence-electron chi connectivity index (χ1n) is 6.12. The fourth-order valence-electron chi connectivity index (χ4n) is 0.881. The van der Waals surface area contributed by atoms with E-state index < -0.39 is 0 Å². The van der Waals surface area contributed by atoms with Crippen LogP contribution in [-0.4, -0.2) is 6.61 Å². The van der Waals surface area contributed by atoms with Gasteiger partial charge in [0.15, 0.2) is 0 Å². The molecule has 0 fully saturated rings. The Labute approximate surface area is 119 Å². The maximum atomic E-state index is 5.48. The largest absolute Gasteiger partial charge is 0.310 e. The summed E-state index contributed by atoms with van der Waals surface area (Å²) in [5.74, 6) is 0.586. The van der Waals surface area contributed by atoms with Crippen LogP contribution in [0.25, 0.3) is 0 Å². The molecule has 0 saturated heterocycles. The molecule has 0 spiro atoms. The van der Waals surface area contributed by atoms with Crippen LogP contribution in [-0.2, 0) is 4.18 Å². The summed E-state index contributed by atoms with van der Waals surface area (Å²) < 4.78 is 6.69. The van der Waals surface area contributed by atoms with Crippen molar-refractivity contribution in [2.24, 2.45) is 5.92 Å². The molecule has 0 heterocycles. The molecule has 0 atom stereocenters. The first-order chi connectivity index (χ1) is 8.10. The molecule has 0 aromatic heterocycles. The highest BCUT2D eigenvalue weighted by atomic mass is 79.9. The minimum Gasteiger partial charge on any atom is -0.310 e. The summed E-state index contributed by atoms with van der Waals surface area (Å²) in [6.07, 6.45) is 10.5. The smallest absolute Gasteiger partial charge is 0.0641 e. The van der Waals surface area contributed by atoms with Crippen molar-refractivity contribution in [1.82, 2.24) is 0 Å². The molecule has 3 heteroatoms. The number of allylic oxidation sites excluding steroid dienone is 5. The Bertz CT molecular complexity index is 280. The summed E-state index contributed by atoms with van der Waals surface area (Å²) in [5, 5.41) is 0. The second kappa shape index (κ2) is 11.1. The van der Waals surface area contributed by atoms with Gasteiger partial charge in [0.1, 0.15) is 0 Å². The zero-order chi connectivity index (χ0) is 13.1. The van der Waals surface area contributed by atoms with Crippen LogP contribution in [0.2, 0.25) is 0 Å². The van der Waals surface area contributed by atoms with Gasteiger partial charge in [0, 0.05) is 16.9 Å². The molecule has 0 unspecified atom stereocenters. The molecular formula is C14H23BrOS. The SMILES string of the molecule is CC(C)COSC1=CCC(Br)=CC=C1.CCC. The molecule has 1 aliphatic carbocycles. The lowest BCUT2D eigenvalue weighted by atomic mass is 10.2. The third-order valence-corrected chi connectivity index (χ3v) is 2.93. The van der Waals surface area contributed by atoms with Crippen LogP contribution in [0, 0.1) is 5.92 Å². The number of halogens is 1. The predicted molar refractivity (Wildman–Crippen MR) is 83.2 cm³/mol. The van der Waals surface area contributed by atoms with Gasteiger partial charge in [-0.05, 0) is 22.9 Å². The summed E-state index contributed by atoms with van der Waals surface area (Å²) in [6, 6.07) is 0. The molecule has 0 aromatic rings. The molecule has 0 amide bonds. The van der Waals surface area contributed by atoms with Crippen molar-refractivity contribution in [2.45, 2.75) is 40.5 Å². The van der Waals surface area contributed by atoms with Gasteiger partial charge >= 0.3 is 0 Å². The Morgan fingerprint density at radius 1 is 1.41 bits per heavy atom. The van der Waals surface area contributed by atoms with E-state index in [9.17, 15) is 0 Å². The fraction of sp³-hybridized carbons (Fsp3) is 0.571. The maximum absolute atomic E-state index is 5.48. The molecular weight excluding hydrogens is 296 g/mol. The lowest BCUT2D eigenvalue weighted by Gasteiger charge is -2.05. The molecule has 0 N–H and O–H groups in total. The molecule has 0 aromatic carbocycles. The van der Waals surface area contributed by atoms with Gasteiger partial charge in [0.05, 0.1) is 6.61 Å². The number of hydrogen-bond donors (Lipinski definition) is 0. The van der Waals surface area contributed by atoms with Crippen LogP contribution in [0.15, 0.2) is 33.7 Å². The van der Waals surface area contributed by atoms with E-state index in [4.69, 9.17) is 4.18 Å². The van der Waals surface area contributed by atoms with Gasteiger partial charge in [-0.25, -0.2) is 0 Å². The quantitative estimate of drug-likeness (QED) is 0.601. The topological polar surface area (TPSA) is 9.23 Å². The Morgan fingerprint density at radius 2 is 2.06 bits per heavy atom. The average molecular weight is 319 g/mol. The van der Waals surface area contributed by atoms with Crippen molar-refractivity contribution in [3.63, 3.8) is 0 Å². The van der Waals surface area contributed by atoms with Crippen molar-refractivity contribution in [1.29, 1.82) is 0 Å². The second-order valence-corrected chi connectivity index (χ2v) is 6.14. The van der Waals surface area contributed by atoms with E-state index in [-0.39, 0.29) is 0 Å². The first kappa shape index (κ1) is 17.0. The van der Waals surface area contributed by atoms with Gasteiger partial charge in [0.25, 0.3) is 0 Å². The van der Waals surface area contributed by atoms with E-state index in [0.29, 0.717) is 5.92 Å². The van der Waals surface area contributed by atoms with E-state index in [1.807, 2.05) is 6.08 Å². The Hall–Kier alpha value is 0.01000. The average Bonchev–Trinajstić information content (AvgIpc) is 2.44. The van der Waals surface area contributed by atoms with E-state index in [2.05, 4.69) is 61.9 Å². The summed E-state index contributed by atoms with van der Waals surface area (Å²) in [5.41, 5.74) is 0. The zero-order valence-electron chi connectivity index (χ0n) is 11.2. The van der Waals surface area contributed by atoms with E-state index in [1.165, 1.54) is 27.9 Å². The van der Waals surface area contributed by atoms with Crippen LogP contribution in [0.5, 0.6) is 0 Å². The first-order valence-corrected chi connectivity index (χ1v) is 7.65. The summed E-state index contributed by atoms with van der Waals surface area (Å²) >= 11 is 4.93. The standard InChI is InChI=1S/C11H15BrOS.C3H8/c1-9(2)8-13-14-11-5-3-4-10(12)6-7-11;1-3-2/h3-5,7,9H,6,8H2,1-2H3;3H2,1-2H3. The van der Waals surface area contributed by atoms with Crippen LogP contribution < -0.4 is 0 Å². The van der Waals surface area contributed by atoms with Crippen LogP contribution in [0.1, 0.15) is 40.5 Å². The molecule has 17 heavy (non-hydrogen) atoms. The third-order valence-electron chi connectivity index (χ3n) is 1.59. The van der Waals surface area contributed by atoms with Crippen molar-refractivity contribution in [3.05, 3.63) is 33.7 Å². The van der Waals surface area contributed by atoms with Gasteiger partial charge in [-0.1, -0.05) is 68.3 Å². The summed E-state index contributed by atoms with van der Waals surface area (Å²) in [7, 11) is 0. The van der Waals surface area contributed by atoms with Crippen molar-refractivity contribution < 1.29 is 4.18 Å². The Balaban J connectivity index is 0.000000770. The van der Waals surface area contributed by atoms with Gasteiger partial charge in [-0.3, -0.25) is 0 Å². The molecule has 98 valence electrons. The summed E-state index contributed by atoms with van der Waals surface area (Å²) in [6.45, 7) is 9.34. The number of hydrogen-bond acceptors (Lipinski definition) is 2. The minimum absolute atomic E-state index is 0.586. The molecule has 0 saturated carbocycles. The maximum Gasteiger partial charge on any atom is 0.0641 e. The van der Waals surface area contributed by atoms with Gasteiger partial charge < -0.3 is 4.18 Å². The fourth-order valence-corrected chi connectivity index (χ4v) is 1.96. The van der Waals surface area contributed by atoms with Gasteiger partial charge in [-0.2, -0.15) is 0 Å². The highest BCUT2D eigenvalue weighted by Crippen LogP contribution is 2.25. The molecule has 0 radical (unpaired) electrons. The monoisotopic (exact) mass is 318 g/mol. The Morgan fingerprint density at radius 3 is 2.65 bits per heavy atom. The minimum atomic E-state index is 0.586. The van der Waals surface area contributed by atoms with Crippen LogP contribution >= 0.6 is 28.0 Å². The highest BCUT2D eigenvalue weighted by Gasteiger charge is 2.00. The van der Waals surface area contributed by atoms with E-state index >= 15 is 0 Å². The van der Waals surface area contributed by atoms with Crippen molar-refractivity contribution >= 4 is 28.0 Å². The molecule has 1 rings (SSSR count). The van der Waals surface area contributed by atoms with Crippen LogP contribution in [0.4, 0.5) is 0 Å². The number of rotatable bonds is 4. The van der Waals surface area contributed by atoms with Crippen LogP contribution in [0.3, 0.4) is 0 Å². The Kier molecular flexibility index (Phi) is 11.1. The molecule has 1 nitrogen and oxygen atoms in total. The summed E-state index contributed by atoms with van der Waals surface area (Å²) in [4.78, 5) is 1.18. The molecule has 0 aliphatic heterocycles. The van der Waals surface area contributed by atoms with E-state index in [1.54, 1.807) is 0 Å². The van der Waals surface area contributed by atoms with Gasteiger partial charge in [0.2, 0.25) is 0 Å². The normalized spacial score (nSPS) is 14.7. The molecule has 1 aliphatic rings. The predicted octanol–water partition coefficient (Wildman–Crippen LogP) is 5.85. The second-order valence-electron chi connectivity index (χ2n) is 4.25. The van der Waals surface area contributed by atoms with Crippen molar-refractivity contribution in [2.75, 3.05) is 6.61 Å². The van der Waals surface area contributed by atoms with E-state index in [0.717, 1.165) is 13.0 Å². The third kappa shape index (κ3) is 10.9. The zero-order valence-corrected chi connectivity index (χ0v) is 13.6. The molecule has 0 bridgehead atoms.